The molecular weight excluding hydrogens is 130 g/mol. The zero-order valence-corrected chi connectivity index (χ0v) is 6.13. The fraction of sp³-hybridized carbons (Fsp3) is 0.571. The second-order valence-corrected chi connectivity index (χ2v) is 2.26. The van der Waals surface area contributed by atoms with Crippen LogP contribution in [0.25, 0.3) is 0 Å². The van der Waals surface area contributed by atoms with Crippen LogP contribution in [0.5, 0.6) is 0 Å². The van der Waals surface area contributed by atoms with Gasteiger partial charge in [-0.2, -0.15) is 0 Å². The number of ketones is 1. The molecule has 0 aliphatic carbocycles. The number of aliphatic hydroxyl groups is 1. The Morgan fingerprint density at radius 2 is 2.30 bits per heavy atom. The summed E-state index contributed by atoms with van der Waals surface area (Å²) < 4.78 is 0. The Bertz CT molecular complexity index is 143. The van der Waals surface area contributed by atoms with Crippen molar-refractivity contribution in [3.05, 3.63) is 12.2 Å². The standard InChI is InChI=1S/C7H13NO2/c1-5(2)7(10)6(8)3-4-9/h6,9H,1,3-4,8H2,2H3. The Morgan fingerprint density at radius 3 is 2.60 bits per heavy atom. The molecule has 0 spiro atoms. The first-order valence-corrected chi connectivity index (χ1v) is 3.15. The van der Waals surface area contributed by atoms with Gasteiger partial charge in [-0.25, -0.2) is 0 Å². The molecule has 0 heterocycles. The van der Waals surface area contributed by atoms with Crippen molar-refractivity contribution < 1.29 is 9.90 Å². The number of hydrogen-bond donors (Lipinski definition) is 2. The maximum Gasteiger partial charge on any atom is 0.174 e. The van der Waals surface area contributed by atoms with Gasteiger partial charge in [0.2, 0.25) is 0 Å². The number of Topliss-reactive ketones (excluding diaryl/α,β-unsaturated/α-hetero) is 1. The van der Waals surface area contributed by atoms with Gasteiger partial charge >= 0.3 is 0 Å². The lowest BCUT2D eigenvalue weighted by molar-refractivity contribution is -0.117. The quantitative estimate of drug-likeness (QED) is 0.537. The molecule has 1 unspecified atom stereocenters. The van der Waals surface area contributed by atoms with Gasteiger partial charge in [-0.3, -0.25) is 4.79 Å². The van der Waals surface area contributed by atoms with E-state index in [-0.39, 0.29) is 12.4 Å². The smallest absolute Gasteiger partial charge is 0.174 e. The molecule has 0 aromatic rings. The van der Waals surface area contributed by atoms with Crippen LogP contribution in [0.1, 0.15) is 13.3 Å². The minimum absolute atomic E-state index is 0.0554. The van der Waals surface area contributed by atoms with Gasteiger partial charge in [-0.05, 0) is 18.9 Å². The van der Waals surface area contributed by atoms with E-state index in [0.29, 0.717) is 12.0 Å². The zero-order chi connectivity index (χ0) is 8.15. The summed E-state index contributed by atoms with van der Waals surface area (Å²) in [6, 6.07) is -0.581. The molecule has 0 amide bonds. The van der Waals surface area contributed by atoms with Crippen molar-refractivity contribution in [2.75, 3.05) is 6.61 Å². The first kappa shape index (κ1) is 9.33. The Kier molecular flexibility index (Phi) is 3.91. The number of carbonyl (C=O) groups is 1. The fourth-order valence-corrected chi connectivity index (χ4v) is 0.587. The van der Waals surface area contributed by atoms with E-state index in [9.17, 15) is 4.79 Å². The Hall–Kier alpha value is -0.670. The van der Waals surface area contributed by atoms with Crippen molar-refractivity contribution in [1.82, 2.24) is 0 Å². The molecule has 0 radical (unpaired) electrons. The van der Waals surface area contributed by atoms with Crippen LogP contribution in [0.2, 0.25) is 0 Å². The summed E-state index contributed by atoms with van der Waals surface area (Å²) in [4.78, 5) is 10.9. The van der Waals surface area contributed by atoms with Gasteiger partial charge in [0.05, 0.1) is 6.04 Å². The molecule has 0 aromatic carbocycles. The average molecular weight is 143 g/mol. The number of rotatable bonds is 4. The van der Waals surface area contributed by atoms with E-state index in [0.717, 1.165) is 0 Å². The molecule has 0 fully saturated rings. The van der Waals surface area contributed by atoms with Gasteiger partial charge < -0.3 is 10.8 Å². The highest BCUT2D eigenvalue weighted by molar-refractivity contribution is 5.98. The van der Waals surface area contributed by atoms with E-state index in [1.54, 1.807) is 6.92 Å². The molecule has 0 rings (SSSR count). The van der Waals surface area contributed by atoms with E-state index in [4.69, 9.17) is 10.8 Å². The molecule has 3 heteroatoms. The molecule has 58 valence electrons. The predicted molar refractivity (Wildman–Crippen MR) is 39.5 cm³/mol. The third kappa shape index (κ3) is 2.75. The summed E-state index contributed by atoms with van der Waals surface area (Å²) in [5.41, 5.74) is 5.80. The highest BCUT2D eigenvalue weighted by atomic mass is 16.3. The van der Waals surface area contributed by atoms with Crippen LogP contribution in [-0.4, -0.2) is 23.5 Å². The third-order valence-corrected chi connectivity index (χ3v) is 1.20. The Balaban J connectivity index is 3.82. The van der Waals surface area contributed by atoms with Gasteiger partial charge in [0.25, 0.3) is 0 Å². The summed E-state index contributed by atoms with van der Waals surface area (Å²) in [5, 5.41) is 8.41. The Morgan fingerprint density at radius 1 is 1.80 bits per heavy atom. The first-order chi connectivity index (χ1) is 4.59. The van der Waals surface area contributed by atoms with E-state index in [1.807, 2.05) is 0 Å². The topological polar surface area (TPSA) is 63.3 Å². The third-order valence-electron chi connectivity index (χ3n) is 1.20. The van der Waals surface area contributed by atoms with Crippen molar-refractivity contribution in [1.29, 1.82) is 0 Å². The number of hydrogen-bond acceptors (Lipinski definition) is 3. The second kappa shape index (κ2) is 4.19. The van der Waals surface area contributed by atoms with Crippen LogP contribution < -0.4 is 5.73 Å². The van der Waals surface area contributed by atoms with E-state index >= 15 is 0 Å². The normalized spacial score (nSPS) is 12.7. The minimum Gasteiger partial charge on any atom is -0.396 e. The molecule has 0 bridgehead atoms. The van der Waals surface area contributed by atoms with Crippen LogP contribution in [0.4, 0.5) is 0 Å². The maximum absolute atomic E-state index is 10.9. The molecule has 3 nitrogen and oxygen atoms in total. The molecule has 0 aromatic heterocycles. The van der Waals surface area contributed by atoms with E-state index in [2.05, 4.69) is 6.58 Å². The summed E-state index contributed by atoms with van der Waals surface area (Å²) >= 11 is 0. The molecule has 3 N–H and O–H groups in total. The van der Waals surface area contributed by atoms with Crippen LogP contribution >= 0.6 is 0 Å². The summed E-state index contributed by atoms with van der Waals surface area (Å²) in [6.45, 7) is 5.00. The fourth-order valence-electron chi connectivity index (χ4n) is 0.587. The van der Waals surface area contributed by atoms with E-state index < -0.39 is 6.04 Å². The molecule has 0 aliphatic heterocycles. The summed E-state index contributed by atoms with van der Waals surface area (Å²) in [5.74, 6) is -0.172. The SMILES string of the molecule is C=C(C)C(=O)C(N)CCO. The van der Waals surface area contributed by atoms with Crippen LogP contribution in [-0.2, 0) is 4.79 Å². The maximum atomic E-state index is 10.9. The highest BCUT2D eigenvalue weighted by Crippen LogP contribution is 1.97. The highest BCUT2D eigenvalue weighted by Gasteiger charge is 2.12. The van der Waals surface area contributed by atoms with Gasteiger partial charge in [-0.1, -0.05) is 6.58 Å². The van der Waals surface area contributed by atoms with Gasteiger partial charge in [0.15, 0.2) is 5.78 Å². The minimum atomic E-state index is -0.581. The van der Waals surface area contributed by atoms with Crippen molar-refractivity contribution >= 4 is 5.78 Å². The van der Waals surface area contributed by atoms with Crippen molar-refractivity contribution in [3.8, 4) is 0 Å². The largest absolute Gasteiger partial charge is 0.396 e. The lowest BCUT2D eigenvalue weighted by Gasteiger charge is -2.06. The second-order valence-electron chi connectivity index (χ2n) is 2.26. The zero-order valence-electron chi connectivity index (χ0n) is 6.13. The van der Waals surface area contributed by atoms with Crippen LogP contribution in [0.3, 0.4) is 0 Å². The molecule has 0 aliphatic rings. The van der Waals surface area contributed by atoms with Crippen molar-refractivity contribution in [2.45, 2.75) is 19.4 Å². The molecule has 0 saturated carbocycles. The van der Waals surface area contributed by atoms with E-state index in [1.165, 1.54) is 0 Å². The number of nitrogens with two attached hydrogens (primary N) is 1. The van der Waals surface area contributed by atoms with Crippen LogP contribution in [0, 0.1) is 0 Å². The predicted octanol–water partition coefficient (Wildman–Crippen LogP) is -0.159. The molecule has 10 heavy (non-hydrogen) atoms. The van der Waals surface area contributed by atoms with Gasteiger partial charge in [0.1, 0.15) is 0 Å². The summed E-state index contributed by atoms with van der Waals surface area (Å²) in [7, 11) is 0. The number of aliphatic hydroxyl groups excluding tert-OH is 1. The average Bonchev–Trinajstić information content (AvgIpc) is 1.87. The first-order valence-electron chi connectivity index (χ1n) is 3.15. The molecule has 0 saturated heterocycles. The van der Waals surface area contributed by atoms with Crippen molar-refractivity contribution in [3.63, 3.8) is 0 Å². The van der Waals surface area contributed by atoms with Gasteiger partial charge in [0, 0.05) is 6.61 Å². The lowest BCUT2D eigenvalue weighted by atomic mass is 10.1. The van der Waals surface area contributed by atoms with Gasteiger partial charge in [-0.15, -0.1) is 0 Å². The summed E-state index contributed by atoms with van der Waals surface area (Å²) in [6.07, 6.45) is 0.311. The van der Waals surface area contributed by atoms with Crippen molar-refractivity contribution in [2.24, 2.45) is 5.73 Å². The molecule has 1 atom stereocenters. The van der Waals surface area contributed by atoms with Crippen LogP contribution in [0.15, 0.2) is 12.2 Å². The number of carbonyl (C=O) groups excluding carboxylic acids is 1. The Labute approximate surface area is 60.5 Å². The monoisotopic (exact) mass is 143 g/mol. The molecular formula is C7H13NO2. The lowest BCUT2D eigenvalue weighted by Crippen LogP contribution is -2.31.